The van der Waals surface area contributed by atoms with Crippen LogP contribution in [0.4, 0.5) is 0 Å². The van der Waals surface area contributed by atoms with E-state index in [1.165, 1.54) is 32.4 Å². The number of hydrogen-bond donors (Lipinski definition) is 0. The molecule has 0 aliphatic carbocycles. The molecule has 0 unspecified atom stereocenters. The maximum Gasteiger partial charge on any atom is 0.222 e. The molecule has 1 aromatic heterocycles. The minimum absolute atomic E-state index is 0.271. The fraction of sp³-hybridized carbons (Fsp3) is 0.750. The molecule has 25 heavy (non-hydrogen) atoms. The third-order valence-electron chi connectivity index (χ3n) is 5.70. The molecule has 2 fully saturated rings. The lowest BCUT2D eigenvalue weighted by molar-refractivity contribution is -0.140. The first kappa shape index (κ1) is 18.3. The van der Waals surface area contributed by atoms with Crippen molar-refractivity contribution >= 4 is 5.91 Å². The van der Waals surface area contributed by atoms with Crippen LogP contribution in [0.5, 0.6) is 0 Å². The van der Waals surface area contributed by atoms with Crippen molar-refractivity contribution < 1.29 is 4.79 Å². The van der Waals surface area contributed by atoms with E-state index in [9.17, 15) is 4.79 Å². The second kappa shape index (κ2) is 7.81. The van der Waals surface area contributed by atoms with Crippen molar-refractivity contribution in [1.29, 1.82) is 0 Å². The van der Waals surface area contributed by atoms with Gasteiger partial charge < -0.3 is 9.80 Å². The van der Waals surface area contributed by atoms with E-state index in [2.05, 4.69) is 28.7 Å². The summed E-state index contributed by atoms with van der Waals surface area (Å²) in [6, 6.07) is 0. The van der Waals surface area contributed by atoms with E-state index in [0.717, 1.165) is 36.8 Å². The predicted molar refractivity (Wildman–Crippen MR) is 99.0 cm³/mol. The minimum Gasteiger partial charge on any atom is -0.336 e. The highest BCUT2D eigenvalue weighted by Crippen LogP contribution is 2.39. The molecule has 0 radical (unpaired) electrons. The first-order valence-corrected chi connectivity index (χ1v) is 9.73. The van der Waals surface area contributed by atoms with E-state index in [1.807, 2.05) is 11.8 Å². The zero-order valence-corrected chi connectivity index (χ0v) is 16.0. The molecule has 2 aliphatic rings. The third kappa shape index (κ3) is 4.78. The second-order valence-corrected chi connectivity index (χ2v) is 8.46. The largest absolute Gasteiger partial charge is 0.336 e. The van der Waals surface area contributed by atoms with Gasteiger partial charge in [0.25, 0.3) is 0 Å². The fourth-order valence-corrected chi connectivity index (χ4v) is 4.22. The number of aromatic nitrogens is 2. The lowest BCUT2D eigenvalue weighted by Gasteiger charge is -2.48. The molecular weight excluding hydrogens is 312 g/mol. The highest BCUT2D eigenvalue weighted by Gasteiger charge is 2.41. The van der Waals surface area contributed by atoms with Crippen molar-refractivity contribution in [1.82, 2.24) is 19.8 Å². The quantitative estimate of drug-likeness (QED) is 0.824. The lowest BCUT2D eigenvalue weighted by atomic mass is 9.73. The Balaban J connectivity index is 1.64. The standard InChI is InChI=1S/C20H32N4O/c1-16(2)6-10-23-9-4-7-20(14-23)8-5-19(25)24(15-20)13-18-12-21-17(3)11-22-18/h11-12,16H,4-10,13-15H2,1-3H3/t20-/m1/s1. The summed E-state index contributed by atoms with van der Waals surface area (Å²) in [7, 11) is 0. The Labute approximate surface area is 151 Å². The maximum atomic E-state index is 12.5. The number of likely N-dealkylation sites (tertiary alicyclic amines) is 2. The van der Waals surface area contributed by atoms with Crippen molar-refractivity contribution in [3.63, 3.8) is 0 Å². The smallest absolute Gasteiger partial charge is 0.222 e. The average molecular weight is 345 g/mol. The molecule has 1 spiro atoms. The number of hydrogen-bond acceptors (Lipinski definition) is 4. The maximum absolute atomic E-state index is 12.5. The Hall–Kier alpha value is -1.49. The fourth-order valence-electron chi connectivity index (χ4n) is 4.22. The molecule has 3 rings (SSSR count). The number of aryl methyl sites for hydroxylation is 1. The van der Waals surface area contributed by atoms with Crippen LogP contribution < -0.4 is 0 Å². The Bertz CT molecular complexity index is 586. The summed E-state index contributed by atoms with van der Waals surface area (Å²) in [5.41, 5.74) is 2.09. The van der Waals surface area contributed by atoms with Crippen LogP contribution in [-0.4, -0.2) is 51.9 Å². The zero-order valence-electron chi connectivity index (χ0n) is 16.0. The molecule has 1 atom stereocenters. The van der Waals surface area contributed by atoms with Gasteiger partial charge in [-0.05, 0) is 51.6 Å². The molecule has 0 bridgehead atoms. The van der Waals surface area contributed by atoms with Crippen molar-refractivity contribution in [3.05, 3.63) is 23.8 Å². The van der Waals surface area contributed by atoms with Crippen LogP contribution in [0, 0.1) is 18.3 Å². The van der Waals surface area contributed by atoms with Gasteiger partial charge in [-0.2, -0.15) is 0 Å². The van der Waals surface area contributed by atoms with E-state index in [0.29, 0.717) is 13.0 Å². The van der Waals surface area contributed by atoms with E-state index in [4.69, 9.17) is 0 Å². The summed E-state index contributed by atoms with van der Waals surface area (Å²) < 4.78 is 0. The van der Waals surface area contributed by atoms with Crippen LogP contribution >= 0.6 is 0 Å². The summed E-state index contributed by atoms with van der Waals surface area (Å²) >= 11 is 0. The molecule has 0 saturated carbocycles. The summed E-state index contributed by atoms with van der Waals surface area (Å²) in [4.78, 5) is 25.9. The number of piperidine rings is 2. The SMILES string of the molecule is Cc1cnc(CN2C[C@]3(CCCN(CCC(C)C)C3)CCC2=O)cn1. The average Bonchev–Trinajstić information content (AvgIpc) is 2.59. The number of nitrogens with zero attached hydrogens (tertiary/aromatic N) is 4. The van der Waals surface area contributed by atoms with Crippen molar-refractivity contribution in [2.45, 2.75) is 59.4 Å². The summed E-state index contributed by atoms with van der Waals surface area (Å²) in [5.74, 6) is 1.02. The van der Waals surface area contributed by atoms with Gasteiger partial charge in [0.15, 0.2) is 0 Å². The van der Waals surface area contributed by atoms with E-state index in [-0.39, 0.29) is 11.3 Å². The Kier molecular flexibility index (Phi) is 5.72. The lowest BCUT2D eigenvalue weighted by Crippen LogP contribution is -2.53. The molecule has 5 heteroatoms. The molecule has 2 aliphatic heterocycles. The monoisotopic (exact) mass is 344 g/mol. The highest BCUT2D eigenvalue weighted by atomic mass is 16.2. The van der Waals surface area contributed by atoms with E-state index in [1.54, 1.807) is 12.4 Å². The molecule has 5 nitrogen and oxygen atoms in total. The van der Waals surface area contributed by atoms with Gasteiger partial charge in [-0.15, -0.1) is 0 Å². The van der Waals surface area contributed by atoms with Crippen LogP contribution in [0.25, 0.3) is 0 Å². The highest BCUT2D eigenvalue weighted by molar-refractivity contribution is 5.77. The van der Waals surface area contributed by atoms with E-state index >= 15 is 0 Å². The normalized spacial score (nSPS) is 25.1. The Morgan fingerprint density at radius 1 is 1.20 bits per heavy atom. The van der Waals surface area contributed by atoms with Gasteiger partial charge in [0.05, 0.1) is 24.1 Å². The summed E-state index contributed by atoms with van der Waals surface area (Å²) in [5, 5.41) is 0. The van der Waals surface area contributed by atoms with Crippen molar-refractivity contribution in [2.24, 2.45) is 11.3 Å². The number of amides is 1. The van der Waals surface area contributed by atoms with Gasteiger partial charge in [0.2, 0.25) is 5.91 Å². The van der Waals surface area contributed by atoms with E-state index < -0.39 is 0 Å². The predicted octanol–water partition coefficient (Wildman–Crippen LogP) is 3.04. The molecule has 0 N–H and O–H groups in total. The second-order valence-electron chi connectivity index (χ2n) is 8.46. The third-order valence-corrected chi connectivity index (χ3v) is 5.70. The summed E-state index contributed by atoms with van der Waals surface area (Å²) in [6.45, 7) is 11.5. The van der Waals surface area contributed by atoms with Crippen molar-refractivity contribution in [3.8, 4) is 0 Å². The molecule has 138 valence electrons. The molecule has 2 saturated heterocycles. The molecule has 0 aromatic carbocycles. The number of rotatable bonds is 5. The zero-order chi connectivity index (χ0) is 17.9. The van der Waals surface area contributed by atoms with Crippen LogP contribution in [0.3, 0.4) is 0 Å². The van der Waals surface area contributed by atoms with Crippen LogP contribution in [-0.2, 0) is 11.3 Å². The van der Waals surface area contributed by atoms with Gasteiger partial charge in [0, 0.05) is 31.1 Å². The van der Waals surface area contributed by atoms with Crippen LogP contribution in [0.2, 0.25) is 0 Å². The Morgan fingerprint density at radius 2 is 2.04 bits per heavy atom. The number of carbonyl (C=O) groups excluding carboxylic acids is 1. The van der Waals surface area contributed by atoms with Crippen LogP contribution in [0.15, 0.2) is 12.4 Å². The summed E-state index contributed by atoms with van der Waals surface area (Å²) in [6.07, 6.45) is 9.07. The number of carbonyl (C=O) groups is 1. The first-order valence-electron chi connectivity index (χ1n) is 9.73. The van der Waals surface area contributed by atoms with Crippen LogP contribution in [0.1, 0.15) is 57.3 Å². The molecular formula is C20H32N4O. The topological polar surface area (TPSA) is 49.3 Å². The van der Waals surface area contributed by atoms with Gasteiger partial charge in [-0.25, -0.2) is 0 Å². The molecule has 1 amide bonds. The van der Waals surface area contributed by atoms with Gasteiger partial charge in [-0.1, -0.05) is 13.8 Å². The Morgan fingerprint density at radius 3 is 2.76 bits per heavy atom. The molecule has 1 aromatic rings. The van der Waals surface area contributed by atoms with Gasteiger partial charge >= 0.3 is 0 Å². The van der Waals surface area contributed by atoms with Gasteiger partial charge in [0.1, 0.15) is 0 Å². The van der Waals surface area contributed by atoms with Gasteiger partial charge in [-0.3, -0.25) is 14.8 Å². The molecule has 3 heterocycles. The minimum atomic E-state index is 0.271. The first-order chi connectivity index (χ1) is 12.0. The van der Waals surface area contributed by atoms with Crippen molar-refractivity contribution in [2.75, 3.05) is 26.2 Å².